The van der Waals surface area contributed by atoms with Crippen molar-refractivity contribution >= 4 is 17.7 Å². The van der Waals surface area contributed by atoms with Crippen molar-refractivity contribution in [2.45, 2.75) is 26.0 Å². The number of anilines is 1. The summed E-state index contributed by atoms with van der Waals surface area (Å²) in [6.45, 7) is 2.01. The number of hydrogen-bond acceptors (Lipinski definition) is 5. The molecule has 0 aliphatic rings. The standard InChI is InChI=1S/C19H22N2O4/c1-13-10-15(8-9-16(13)20)11-17(18(22)24-2)21-19(23)25-12-14-6-4-3-5-7-14/h3-10,17H,11-12,20H2,1-2H3,(H,21,23). The highest BCUT2D eigenvalue weighted by molar-refractivity contribution is 5.81. The molecule has 0 spiro atoms. The third-order valence-electron chi connectivity index (χ3n) is 3.76. The number of amides is 1. The Morgan fingerprint density at radius 2 is 1.84 bits per heavy atom. The van der Waals surface area contributed by atoms with Crippen LogP contribution < -0.4 is 11.1 Å². The van der Waals surface area contributed by atoms with Crippen LogP contribution in [-0.4, -0.2) is 25.2 Å². The van der Waals surface area contributed by atoms with Gasteiger partial charge in [-0.3, -0.25) is 0 Å². The van der Waals surface area contributed by atoms with E-state index in [9.17, 15) is 9.59 Å². The zero-order valence-corrected chi connectivity index (χ0v) is 14.3. The van der Waals surface area contributed by atoms with Gasteiger partial charge in [-0.1, -0.05) is 42.5 Å². The van der Waals surface area contributed by atoms with Gasteiger partial charge < -0.3 is 20.5 Å². The van der Waals surface area contributed by atoms with Crippen LogP contribution in [0.25, 0.3) is 0 Å². The second kappa shape index (κ2) is 8.73. The van der Waals surface area contributed by atoms with Gasteiger partial charge in [0.15, 0.2) is 0 Å². The Hall–Kier alpha value is -3.02. The molecule has 132 valence electrons. The van der Waals surface area contributed by atoms with Crippen molar-refractivity contribution in [1.29, 1.82) is 0 Å². The Kier molecular flexibility index (Phi) is 6.39. The summed E-state index contributed by atoms with van der Waals surface area (Å²) in [5, 5.41) is 2.55. The maximum Gasteiger partial charge on any atom is 0.408 e. The molecule has 0 fully saturated rings. The first-order chi connectivity index (χ1) is 12.0. The molecule has 0 aliphatic carbocycles. The van der Waals surface area contributed by atoms with E-state index in [1.165, 1.54) is 7.11 Å². The predicted molar refractivity (Wildman–Crippen MR) is 94.9 cm³/mol. The summed E-state index contributed by atoms with van der Waals surface area (Å²) in [5.41, 5.74) is 9.11. The quantitative estimate of drug-likeness (QED) is 0.622. The van der Waals surface area contributed by atoms with E-state index in [1.807, 2.05) is 49.4 Å². The lowest BCUT2D eigenvalue weighted by atomic mass is 10.0. The second-order valence-electron chi connectivity index (χ2n) is 5.68. The summed E-state index contributed by atoms with van der Waals surface area (Å²) >= 11 is 0. The van der Waals surface area contributed by atoms with Gasteiger partial charge in [0.1, 0.15) is 12.6 Å². The zero-order chi connectivity index (χ0) is 18.2. The first-order valence-corrected chi connectivity index (χ1v) is 7.89. The summed E-state index contributed by atoms with van der Waals surface area (Å²) in [6, 6.07) is 13.9. The number of carbonyl (C=O) groups excluding carboxylic acids is 2. The SMILES string of the molecule is COC(=O)C(Cc1ccc(N)c(C)c1)NC(=O)OCc1ccccc1. The third kappa shape index (κ3) is 5.53. The maximum absolute atomic E-state index is 12.0. The van der Waals surface area contributed by atoms with Gasteiger partial charge in [0.25, 0.3) is 0 Å². The minimum absolute atomic E-state index is 0.127. The van der Waals surface area contributed by atoms with Gasteiger partial charge in [0, 0.05) is 12.1 Å². The molecule has 0 bridgehead atoms. The lowest BCUT2D eigenvalue weighted by Crippen LogP contribution is -2.43. The molecule has 3 N–H and O–H groups in total. The molecule has 2 rings (SSSR count). The van der Waals surface area contributed by atoms with Crippen LogP contribution in [-0.2, 0) is 27.3 Å². The zero-order valence-electron chi connectivity index (χ0n) is 14.3. The van der Waals surface area contributed by atoms with Crippen LogP contribution in [0.3, 0.4) is 0 Å². The topological polar surface area (TPSA) is 90.6 Å². The first-order valence-electron chi connectivity index (χ1n) is 7.89. The third-order valence-corrected chi connectivity index (χ3v) is 3.76. The minimum atomic E-state index is -0.837. The largest absolute Gasteiger partial charge is 0.467 e. The van der Waals surface area contributed by atoms with Crippen molar-refractivity contribution in [1.82, 2.24) is 5.32 Å². The molecule has 2 aromatic rings. The highest BCUT2D eigenvalue weighted by atomic mass is 16.6. The van der Waals surface area contributed by atoms with E-state index >= 15 is 0 Å². The van der Waals surface area contributed by atoms with Crippen molar-refractivity contribution in [3.05, 3.63) is 65.2 Å². The summed E-state index contributed by atoms with van der Waals surface area (Å²) in [5.74, 6) is -0.536. The minimum Gasteiger partial charge on any atom is -0.467 e. The van der Waals surface area contributed by atoms with Crippen molar-refractivity contribution in [2.75, 3.05) is 12.8 Å². The molecule has 6 nitrogen and oxygen atoms in total. The van der Waals surface area contributed by atoms with Crippen molar-refractivity contribution in [2.24, 2.45) is 0 Å². The summed E-state index contributed by atoms with van der Waals surface area (Å²) < 4.78 is 9.92. The van der Waals surface area contributed by atoms with E-state index in [4.69, 9.17) is 15.2 Å². The number of aryl methyl sites for hydroxylation is 1. The van der Waals surface area contributed by atoms with Gasteiger partial charge in [-0.05, 0) is 29.7 Å². The number of rotatable bonds is 6. The average molecular weight is 342 g/mol. The second-order valence-corrected chi connectivity index (χ2v) is 5.68. The summed E-state index contributed by atoms with van der Waals surface area (Å²) in [6.07, 6.45) is -0.389. The highest BCUT2D eigenvalue weighted by Gasteiger charge is 2.23. The average Bonchev–Trinajstić information content (AvgIpc) is 2.62. The molecule has 1 unspecified atom stereocenters. The first kappa shape index (κ1) is 18.3. The molecule has 0 aromatic heterocycles. The van der Waals surface area contributed by atoms with E-state index in [1.54, 1.807) is 6.07 Å². The molecule has 0 saturated carbocycles. The van der Waals surface area contributed by atoms with Gasteiger partial charge in [-0.15, -0.1) is 0 Å². The van der Waals surface area contributed by atoms with Crippen LogP contribution in [0.5, 0.6) is 0 Å². The monoisotopic (exact) mass is 342 g/mol. The van der Waals surface area contributed by atoms with E-state index in [0.717, 1.165) is 16.7 Å². The number of methoxy groups -OCH3 is 1. The Bertz CT molecular complexity index is 731. The lowest BCUT2D eigenvalue weighted by Gasteiger charge is -2.17. The summed E-state index contributed by atoms with van der Waals surface area (Å²) in [4.78, 5) is 24.0. The maximum atomic E-state index is 12.0. The van der Waals surface area contributed by atoms with Gasteiger partial charge in [-0.25, -0.2) is 9.59 Å². The Balaban J connectivity index is 1.98. The summed E-state index contributed by atoms with van der Waals surface area (Å²) in [7, 11) is 1.28. The fourth-order valence-electron chi connectivity index (χ4n) is 2.34. The Morgan fingerprint density at radius 3 is 2.48 bits per heavy atom. The molecule has 2 aromatic carbocycles. The van der Waals surface area contributed by atoms with Crippen molar-refractivity contribution < 1.29 is 19.1 Å². The number of carbonyl (C=O) groups is 2. The predicted octanol–water partition coefficient (Wildman–Crippen LogP) is 2.59. The molecule has 0 radical (unpaired) electrons. The number of hydrogen-bond donors (Lipinski definition) is 2. The van der Waals surface area contributed by atoms with Crippen LogP contribution >= 0.6 is 0 Å². The molecular formula is C19H22N2O4. The van der Waals surface area contributed by atoms with Crippen LogP contribution in [0.2, 0.25) is 0 Å². The molecule has 25 heavy (non-hydrogen) atoms. The van der Waals surface area contributed by atoms with Crippen molar-refractivity contribution in [3.63, 3.8) is 0 Å². The normalized spacial score (nSPS) is 11.4. The number of benzene rings is 2. The highest BCUT2D eigenvalue weighted by Crippen LogP contribution is 2.14. The number of nitrogens with two attached hydrogens (primary N) is 1. The van der Waals surface area contributed by atoms with Gasteiger partial charge in [0.05, 0.1) is 7.11 Å². The van der Waals surface area contributed by atoms with Crippen molar-refractivity contribution in [3.8, 4) is 0 Å². The molecule has 1 atom stereocenters. The molecular weight excluding hydrogens is 320 g/mol. The molecule has 0 saturated heterocycles. The fourth-order valence-corrected chi connectivity index (χ4v) is 2.34. The van der Waals surface area contributed by atoms with Crippen LogP contribution in [0.1, 0.15) is 16.7 Å². The fraction of sp³-hybridized carbons (Fsp3) is 0.263. The van der Waals surface area contributed by atoms with E-state index < -0.39 is 18.1 Å². The van der Waals surface area contributed by atoms with E-state index in [0.29, 0.717) is 5.69 Å². The molecule has 0 heterocycles. The lowest BCUT2D eigenvalue weighted by molar-refractivity contribution is -0.143. The van der Waals surface area contributed by atoms with E-state index in [-0.39, 0.29) is 13.0 Å². The Morgan fingerprint density at radius 1 is 1.12 bits per heavy atom. The Labute approximate surface area is 146 Å². The number of esters is 1. The number of nitrogen functional groups attached to an aromatic ring is 1. The van der Waals surface area contributed by atoms with Gasteiger partial charge >= 0.3 is 12.1 Å². The van der Waals surface area contributed by atoms with Crippen LogP contribution in [0.4, 0.5) is 10.5 Å². The number of nitrogens with one attached hydrogen (secondary N) is 1. The van der Waals surface area contributed by atoms with Gasteiger partial charge in [-0.2, -0.15) is 0 Å². The number of ether oxygens (including phenoxy) is 2. The molecule has 6 heteroatoms. The van der Waals surface area contributed by atoms with Crippen LogP contribution in [0, 0.1) is 6.92 Å². The number of alkyl carbamates (subject to hydrolysis) is 1. The molecule has 0 aliphatic heterocycles. The van der Waals surface area contributed by atoms with Crippen LogP contribution in [0.15, 0.2) is 48.5 Å². The smallest absolute Gasteiger partial charge is 0.408 e. The molecule has 1 amide bonds. The van der Waals surface area contributed by atoms with E-state index in [2.05, 4.69) is 5.32 Å². The van der Waals surface area contributed by atoms with Gasteiger partial charge in [0.2, 0.25) is 0 Å².